The molecule has 0 radical (unpaired) electrons. The summed E-state index contributed by atoms with van der Waals surface area (Å²) in [6, 6.07) is 16.1. The number of pyridine rings is 1. The van der Waals surface area contributed by atoms with Gasteiger partial charge in [-0.3, -0.25) is 18.8 Å². The molecule has 0 aliphatic heterocycles. The molecular weight excluding hydrogens is 468 g/mol. The zero-order valence-corrected chi connectivity index (χ0v) is 20.0. The number of fused-ring (bicyclic) bond motifs is 1. The molecule has 2 aromatic carbocycles. The first-order chi connectivity index (χ1) is 16.9. The van der Waals surface area contributed by atoms with Crippen LogP contribution in [0.25, 0.3) is 21.9 Å². The van der Waals surface area contributed by atoms with Crippen LogP contribution in [0.15, 0.2) is 59.4 Å². The summed E-state index contributed by atoms with van der Waals surface area (Å²) in [6.45, 7) is -0.0216. The van der Waals surface area contributed by atoms with Gasteiger partial charge in [0.1, 0.15) is 11.4 Å². The molecule has 5 rings (SSSR count). The van der Waals surface area contributed by atoms with Crippen LogP contribution in [0.5, 0.6) is 0 Å². The van der Waals surface area contributed by atoms with Gasteiger partial charge in [0.05, 0.1) is 19.3 Å². The van der Waals surface area contributed by atoms with Crippen LogP contribution >= 0.6 is 11.6 Å². The number of rotatable bonds is 6. The number of esters is 1. The maximum atomic E-state index is 13.6. The maximum absolute atomic E-state index is 13.6. The molecule has 0 spiro atoms. The van der Waals surface area contributed by atoms with Gasteiger partial charge >= 0.3 is 5.97 Å². The van der Waals surface area contributed by atoms with Crippen LogP contribution < -0.4 is 10.9 Å². The van der Waals surface area contributed by atoms with Gasteiger partial charge in [0, 0.05) is 29.1 Å². The highest BCUT2D eigenvalue weighted by Crippen LogP contribution is 2.33. The quantitative estimate of drug-likeness (QED) is 0.415. The number of methoxy groups -OCH3 is 1. The summed E-state index contributed by atoms with van der Waals surface area (Å²) in [5.41, 5.74) is 1.83. The smallest absolute Gasteiger partial charge is 0.355 e. The van der Waals surface area contributed by atoms with E-state index in [9.17, 15) is 14.4 Å². The molecule has 1 aliphatic rings. The largest absolute Gasteiger partial charge is 0.464 e. The van der Waals surface area contributed by atoms with Gasteiger partial charge in [0.2, 0.25) is 0 Å². The molecule has 9 heteroatoms. The molecule has 0 saturated heterocycles. The Labute approximate surface area is 206 Å². The van der Waals surface area contributed by atoms with Crippen molar-refractivity contribution in [2.24, 2.45) is 7.05 Å². The topological polar surface area (TPSA) is 95.2 Å². The lowest BCUT2D eigenvalue weighted by Gasteiger charge is -2.18. The minimum atomic E-state index is -0.662. The number of aromatic nitrogens is 3. The maximum Gasteiger partial charge on any atom is 0.355 e. The minimum Gasteiger partial charge on any atom is -0.464 e. The predicted molar refractivity (Wildman–Crippen MR) is 133 cm³/mol. The van der Waals surface area contributed by atoms with E-state index >= 15 is 0 Å². The third-order valence-corrected chi connectivity index (χ3v) is 6.31. The molecule has 35 heavy (non-hydrogen) atoms. The van der Waals surface area contributed by atoms with Gasteiger partial charge in [-0.25, -0.2) is 4.79 Å². The molecule has 2 aromatic heterocycles. The molecule has 2 heterocycles. The summed E-state index contributed by atoms with van der Waals surface area (Å²) in [5, 5.41) is 8.79. The van der Waals surface area contributed by atoms with Crippen LogP contribution in [-0.4, -0.2) is 39.4 Å². The molecule has 8 nitrogen and oxygen atoms in total. The highest BCUT2D eigenvalue weighted by atomic mass is 35.5. The van der Waals surface area contributed by atoms with Gasteiger partial charge in [0.25, 0.3) is 11.5 Å². The second-order valence-electron chi connectivity index (χ2n) is 8.55. The monoisotopic (exact) mass is 490 g/mol. The van der Waals surface area contributed by atoms with Crippen molar-refractivity contribution in [2.45, 2.75) is 25.4 Å². The fourth-order valence-electron chi connectivity index (χ4n) is 4.24. The van der Waals surface area contributed by atoms with Gasteiger partial charge in [-0.15, -0.1) is 0 Å². The van der Waals surface area contributed by atoms with Crippen LogP contribution in [0.2, 0.25) is 5.02 Å². The SMILES string of the molecule is COC(=O)c1c(-c2ccccc2)c2cc(Cl)ccc2c(=O)n1Cc1cc(C(=O)NC2CC2)n(C)n1. The van der Waals surface area contributed by atoms with E-state index in [1.165, 1.54) is 16.4 Å². The Balaban J connectivity index is 1.72. The van der Waals surface area contributed by atoms with Crippen LogP contribution in [0.3, 0.4) is 0 Å². The van der Waals surface area contributed by atoms with E-state index in [0.717, 1.165) is 18.4 Å². The van der Waals surface area contributed by atoms with E-state index < -0.39 is 5.97 Å². The number of nitrogens with zero attached hydrogens (tertiary/aromatic N) is 3. The average Bonchev–Trinajstić information content (AvgIpc) is 3.59. The van der Waals surface area contributed by atoms with Gasteiger partial charge in [0.15, 0.2) is 0 Å². The third-order valence-electron chi connectivity index (χ3n) is 6.07. The Kier molecular flexibility index (Phi) is 5.90. The van der Waals surface area contributed by atoms with Gasteiger partial charge in [-0.05, 0) is 48.1 Å². The number of amides is 1. The predicted octanol–water partition coefficient (Wildman–Crippen LogP) is 3.78. The number of carbonyl (C=O) groups is 2. The average molecular weight is 491 g/mol. The van der Waals surface area contributed by atoms with Crippen molar-refractivity contribution in [1.82, 2.24) is 19.7 Å². The van der Waals surface area contributed by atoms with Crippen molar-refractivity contribution in [3.63, 3.8) is 0 Å². The summed E-state index contributed by atoms with van der Waals surface area (Å²) in [5.74, 6) is -0.877. The van der Waals surface area contributed by atoms with E-state index in [-0.39, 0.29) is 29.7 Å². The van der Waals surface area contributed by atoms with E-state index in [2.05, 4.69) is 10.4 Å². The molecular formula is C26H23ClN4O4. The fraction of sp³-hybridized carbons (Fsp3) is 0.231. The molecule has 1 fully saturated rings. The number of hydrogen-bond donors (Lipinski definition) is 1. The van der Waals surface area contributed by atoms with Gasteiger partial charge in [-0.1, -0.05) is 41.9 Å². The summed E-state index contributed by atoms with van der Waals surface area (Å²) in [4.78, 5) is 39.3. The molecule has 1 aliphatic carbocycles. The number of nitrogens with one attached hydrogen (secondary N) is 1. The third kappa shape index (κ3) is 4.33. The fourth-order valence-corrected chi connectivity index (χ4v) is 4.41. The number of hydrogen-bond acceptors (Lipinski definition) is 5. The summed E-state index contributed by atoms with van der Waals surface area (Å²) in [6.07, 6.45) is 1.94. The number of benzene rings is 2. The molecule has 1 amide bonds. The Bertz CT molecular complexity index is 1520. The first kappa shape index (κ1) is 22.9. The van der Waals surface area contributed by atoms with Crippen LogP contribution in [0, 0.1) is 0 Å². The van der Waals surface area contributed by atoms with Crippen molar-refractivity contribution in [3.8, 4) is 11.1 Å². The normalized spacial score (nSPS) is 13.1. The molecule has 4 aromatic rings. The Morgan fingerprint density at radius 2 is 1.86 bits per heavy atom. The lowest BCUT2D eigenvalue weighted by atomic mass is 9.96. The van der Waals surface area contributed by atoms with Gasteiger partial charge < -0.3 is 10.1 Å². The van der Waals surface area contributed by atoms with Crippen molar-refractivity contribution in [2.75, 3.05) is 7.11 Å². The Morgan fingerprint density at radius 1 is 1.11 bits per heavy atom. The van der Waals surface area contributed by atoms with Crippen molar-refractivity contribution >= 4 is 34.2 Å². The van der Waals surface area contributed by atoms with Crippen molar-refractivity contribution < 1.29 is 14.3 Å². The number of aryl methyl sites for hydroxylation is 1. The van der Waals surface area contributed by atoms with E-state index in [1.54, 1.807) is 31.3 Å². The second kappa shape index (κ2) is 9.03. The number of halogens is 1. The Morgan fingerprint density at radius 3 is 2.54 bits per heavy atom. The highest BCUT2D eigenvalue weighted by molar-refractivity contribution is 6.31. The summed E-state index contributed by atoms with van der Waals surface area (Å²) < 4.78 is 7.94. The van der Waals surface area contributed by atoms with Crippen molar-refractivity contribution in [1.29, 1.82) is 0 Å². The lowest BCUT2D eigenvalue weighted by Crippen LogP contribution is -2.28. The molecule has 178 valence electrons. The Hall–Kier alpha value is -3.91. The van der Waals surface area contributed by atoms with Gasteiger partial charge in [-0.2, -0.15) is 5.10 Å². The van der Waals surface area contributed by atoms with Crippen LogP contribution in [0.4, 0.5) is 0 Å². The highest BCUT2D eigenvalue weighted by Gasteiger charge is 2.27. The minimum absolute atomic E-state index is 0.0216. The first-order valence-electron chi connectivity index (χ1n) is 11.2. The first-order valence-corrected chi connectivity index (χ1v) is 11.6. The standard InChI is InChI=1S/C26H23ClN4O4/c1-30-21(24(32)28-17-9-10-17)13-18(29-30)14-31-23(26(34)35-2)22(15-6-4-3-5-7-15)20-12-16(27)8-11-19(20)25(31)33/h3-8,11-13,17H,9-10,14H2,1-2H3,(H,28,32). The number of ether oxygens (including phenoxy) is 1. The molecule has 0 bridgehead atoms. The summed E-state index contributed by atoms with van der Waals surface area (Å²) in [7, 11) is 2.95. The van der Waals surface area contributed by atoms with E-state index in [0.29, 0.717) is 32.7 Å². The van der Waals surface area contributed by atoms with Crippen LogP contribution in [-0.2, 0) is 18.3 Å². The van der Waals surface area contributed by atoms with Crippen LogP contribution in [0.1, 0.15) is 39.5 Å². The molecule has 1 N–H and O–H groups in total. The molecule has 1 saturated carbocycles. The lowest BCUT2D eigenvalue weighted by molar-refractivity contribution is 0.0588. The van der Waals surface area contributed by atoms with E-state index in [4.69, 9.17) is 16.3 Å². The van der Waals surface area contributed by atoms with E-state index in [1.807, 2.05) is 30.3 Å². The van der Waals surface area contributed by atoms with Crippen molar-refractivity contribution in [3.05, 3.63) is 87.1 Å². The molecule has 0 atom stereocenters. The molecule has 0 unspecified atom stereocenters. The summed E-state index contributed by atoms with van der Waals surface area (Å²) >= 11 is 6.28. The zero-order valence-electron chi connectivity index (χ0n) is 19.2. The zero-order chi connectivity index (χ0) is 24.7. The second-order valence-corrected chi connectivity index (χ2v) is 8.99. The number of carbonyl (C=O) groups excluding carboxylic acids is 2.